The molecule has 0 saturated carbocycles. The zero-order valence-corrected chi connectivity index (χ0v) is 18.2. The SMILES string of the molecule is CN1CCC(CN(C)C(c2nc(-c3cc(F)ccc3F)cn2C)C2CCOCC2)C1. The van der Waals surface area contributed by atoms with E-state index in [0.29, 0.717) is 17.5 Å². The molecule has 1 aromatic carbocycles. The van der Waals surface area contributed by atoms with Gasteiger partial charge in [0.05, 0.1) is 11.7 Å². The third-order valence-electron chi connectivity index (χ3n) is 6.60. The molecular formula is C23H32F2N4O. The number of imidazole rings is 1. The Balaban J connectivity index is 1.64. The summed E-state index contributed by atoms with van der Waals surface area (Å²) in [7, 11) is 6.30. The first-order chi connectivity index (χ1) is 14.4. The van der Waals surface area contributed by atoms with Gasteiger partial charge in [-0.1, -0.05) is 0 Å². The summed E-state index contributed by atoms with van der Waals surface area (Å²) in [6, 6.07) is 3.65. The highest BCUT2D eigenvalue weighted by Gasteiger charge is 2.34. The van der Waals surface area contributed by atoms with Gasteiger partial charge in [-0.05, 0) is 69.9 Å². The maximum absolute atomic E-state index is 14.4. The van der Waals surface area contributed by atoms with Crippen molar-refractivity contribution in [3.63, 3.8) is 0 Å². The third kappa shape index (κ3) is 4.58. The first kappa shape index (κ1) is 21.4. The molecule has 2 aliphatic rings. The minimum absolute atomic E-state index is 0.121. The molecule has 2 saturated heterocycles. The standard InChI is InChI=1S/C23H32F2N4O/c1-27-9-6-16(13-27)14-28(2)22(17-7-10-30-11-8-17)23-26-21(15-29(23)3)19-12-18(24)4-5-20(19)25/h4-5,12,15-17,22H,6-11,13-14H2,1-3H3. The van der Waals surface area contributed by atoms with E-state index in [1.807, 2.05) is 17.8 Å². The summed E-state index contributed by atoms with van der Waals surface area (Å²) in [5.41, 5.74) is 0.693. The largest absolute Gasteiger partial charge is 0.381 e. The molecule has 0 spiro atoms. The summed E-state index contributed by atoms with van der Waals surface area (Å²) in [4.78, 5) is 9.64. The maximum Gasteiger partial charge on any atom is 0.132 e. The molecule has 2 fully saturated rings. The molecule has 0 N–H and O–H groups in total. The molecule has 5 nitrogen and oxygen atoms in total. The normalized spacial score (nSPS) is 22.1. The van der Waals surface area contributed by atoms with Crippen molar-refractivity contribution in [1.29, 1.82) is 0 Å². The van der Waals surface area contributed by atoms with Gasteiger partial charge in [0.25, 0.3) is 0 Å². The number of aryl methyl sites for hydroxylation is 1. The van der Waals surface area contributed by atoms with Crippen LogP contribution in [0.2, 0.25) is 0 Å². The van der Waals surface area contributed by atoms with Crippen LogP contribution in [0.1, 0.15) is 31.1 Å². The van der Waals surface area contributed by atoms with Crippen LogP contribution in [0.4, 0.5) is 8.78 Å². The highest BCUT2D eigenvalue weighted by atomic mass is 19.1. The van der Waals surface area contributed by atoms with E-state index in [-0.39, 0.29) is 11.6 Å². The van der Waals surface area contributed by atoms with E-state index in [0.717, 1.165) is 63.6 Å². The van der Waals surface area contributed by atoms with Crippen LogP contribution < -0.4 is 0 Å². The minimum atomic E-state index is -0.456. The number of halogens is 2. The van der Waals surface area contributed by atoms with Crippen molar-refractivity contribution in [3.8, 4) is 11.3 Å². The number of nitrogens with zero attached hydrogens (tertiary/aromatic N) is 4. The molecular weight excluding hydrogens is 386 g/mol. The molecule has 7 heteroatoms. The molecule has 0 radical (unpaired) electrons. The van der Waals surface area contributed by atoms with Crippen LogP contribution >= 0.6 is 0 Å². The van der Waals surface area contributed by atoms with Crippen LogP contribution in [0.25, 0.3) is 11.3 Å². The zero-order valence-electron chi connectivity index (χ0n) is 18.2. The Bertz CT molecular complexity index is 865. The van der Waals surface area contributed by atoms with Gasteiger partial charge in [-0.15, -0.1) is 0 Å². The van der Waals surface area contributed by atoms with Gasteiger partial charge in [0, 0.05) is 45.1 Å². The Hall–Kier alpha value is -1.83. The number of rotatable bonds is 6. The third-order valence-corrected chi connectivity index (χ3v) is 6.60. The van der Waals surface area contributed by atoms with Crippen molar-refractivity contribution in [3.05, 3.63) is 41.9 Å². The highest BCUT2D eigenvalue weighted by molar-refractivity contribution is 5.59. The first-order valence-electron chi connectivity index (χ1n) is 10.9. The van der Waals surface area contributed by atoms with E-state index in [4.69, 9.17) is 9.72 Å². The highest BCUT2D eigenvalue weighted by Crippen LogP contribution is 2.36. The Labute approximate surface area is 177 Å². The second kappa shape index (κ2) is 9.12. The van der Waals surface area contributed by atoms with Gasteiger partial charge >= 0.3 is 0 Å². The van der Waals surface area contributed by atoms with Crippen LogP contribution in [-0.4, -0.2) is 66.3 Å². The Morgan fingerprint density at radius 1 is 1.20 bits per heavy atom. The lowest BCUT2D eigenvalue weighted by atomic mass is 9.89. The molecule has 0 bridgehead atoms. The number of hydrogen-bond donors (Lipinski definition) is 0. The van der Waals surface area contributed by atoms with E-state index in [1.54, 1.807) is 0 Å². The topological polar surface area (TPSA) is 33.5 Å². The van der Waals surface area contributed by atoms with Crippen molar-refractivity contribution >= 4 is 0 Å². The van der Waals surface area contributed by atoms with Gasteiger partial charge in [-0.3, -0.25) is 4.90 Å². The zero-order chi connectivity index (χ0) is 21.3. The summed E-state index contributed by atoms with van der Waals surface area (Å²) in [6.07, 6.45) is 4.99. The first-order valence-corrected chi connectivity index (χ1v) is 10.9. The quantitative estimate of drug-likeness (QED) is 0.716. The molecule has 4 rings (SSSR count). The molecule has 1 aromatic heterocycles. The average Bonchev–Trinajstić information content (AvgIpc) is 3.30. The Kier molecular flexibility index (Phi) is 6.51. The fourth-order valence-electron chi connectivity index (χ4n) is 5.07. The molecule has 2 aliphatic heterocycles. The lowest BCUT2D eigenvalue weighted by Crippen LogP contribution is -2.38. The summed E-state index contributed by atoms with van der Waals surface area (Å²) < 4.78 is 35.7. The van der Waals surface area contributed by atoms with Crippen molar-refractivity contribution in [1.82, 2.24) is 19.4 Å². The lowest BCUT2D eigenvalue weighted by molar-refractivity contribution is 0.0250. The van der Waals surface area contributed by atoms with E-state index in [9.17, 15) is 8.78 Å². The molecule has 2 unspecified atom stereocenters. The summed E-state index contributed by atoms with van der Waals surface area (Å²) >= 11 is 0. The molecule has 164 valence electrons. The molecule has 30 heavy (non-hydrogen) atoms. The van der Waals surface area contributed by atoms with Gasteiger partial charge in [0.15, 0.2) is 0 Å². The fourth-order valence-corrected chi connectivity index (χ4v) is 5.07. The van der Waals surface area contributed by atoms with E-state index >= 15 is 0 Å². The number of ether oxygens (including phenoxy) is 1. The fraction of sp³-hybridized carbons (Fsp3) is 0.609. The number of benzene rings is 1. The predicted molar refractivity (Wildman–Crippen MR) is 113 cm³/mol. The van der Waals surface area contributed by atoms with Crippen LogP contribution in [0.3, 0.4) is 0 Å². The molecule has 2 atom stereocenters. The lowest BCUT2D eigenvalue weighted by Gasteiger charge is -2.37. The van der Waals surface area contributed by atoms with E-state index in [1.165, 1.54) is 12.5 Å². The van der Waals surface area contributed by atoms with E-state index < -0.39 is 11.6 Å². The number of hydrogen-bond acceptors (Lipinski definition) is 4. The van der Waals surface area contributed by atoms with E-state index in [2.05, 4.69) is 23.9 Å². The van der Waals surface area contributed by atoms with Crippen molar-refractivity contribution in [2.45, 2.75) is 25.3 Å². The maximum atomic E-state index is 14.4. The van der Waals surface area contributed by atoms with Crippen LogP contribution in [-0.2, 0) is 11.8 Å². The summed E-state index contributed by atoms with van der Waals surface area (Å²) in [5.74, 6) is 1.07. The molecule has 0 amide bonds. The van der Waals surface area contributed by atoms with Gasteiger partial charge < -0.3 is 14.2 Å². The molecule has 2 aromatic rings. The van der Waals surface area contributed by atoms with Gasteiger partial charge in [-0.25, -0.2) is 13.8 Å². The van der Waals surface area contributed by atoms with Crippen LogP contribution in [0, 0.1) is 23.5 Å². The average molecular weight is 419 g/mol. The van der Waals surface area contributed by atoms with Crippen molar-refractivity contribution in [2.24, 2.45) is 18.9 Å². The Morgan fingerprint density at radius 3 is 2.67 bits per heavy atom. The van der Waals surface area contributed by atoms with Crippen LogP contribution in [0.15, 0.2) is 24.4 Å². The molecule has 0 aliphatic carbocycles. The smallest absolute Gasteiger partial charge is 0.132 e. The summed E-state index contributed by atoms with van der Waals surface area (Å²) in [6.45, 7) is 4.79. The van der Waals surface area contributed by atoms with Crippen LogP contribution in [0.5, 0.6) is 0 Å². The van der Waals surface area contributed by atoms with Crippen molar-refractivity contribution in [2.75, 3.05) is 46.9 Å². The Morgan fingerprint density at radius 2 is 1.97 bits per heavy atom. The minimum Gasteiger partial charge on any atom is -0.381 e. The van der Waals surface area contributed by atoms with Gasteiger partial charge in [0.2, 0.25) is 0 Å². The van der Waals surface area contributed by atoms with Gasteiger partial charge in [-0.2, -0.15) is 0 Å². The second-order valence-corrected chi connectivity index (χ2v) is 8.97. The monoisotopic (exact) mass is 418 g/mol. The van der Waals surface area contributed by atoms with Gasteiger partial charge in [0.1, 0.15) is 17.5 Å². The predicted octanol–water partition coefficient (Wildman–Crippen LogP) is 3.72. The second-order valence-electron chi connectivity index (χ2n) is 8.97. The van der Waals surface area contributed by atoms with Crippen molar-refractivity contribution < 1.29 is 13.5 Å². The number of likely N-dealkylation sites (tertiary alicyclic amines) is 1. The number of aromatic nitrogens is 2. The summed E-state index contributed by atoms with van der Waals surface area (Å²) in [5, 5.41) is 0. The molecule has 3 heterocycles.